The maximum Gasteiger partial charge on any atom is 0.307 e. The summed E-state index contributed by atoms with van der Waals surface area (Å²) in [5, 5.41) is 0. The third-order valence-corrected chi connectivity index (χ3v) is 16.5. The third kappa shape index (κ3) is 114. The van der Waals surface area contributed by atoms with Crippen molar-refractivity contribution in [3.05, 3.63) is 0 Å². The fourth-order valence-electron chi connectivity index (χ4n) is 9.97. The zero-order chi connectivity index (χ0) is 100. The van der Waals surface area contributed by atoms with Crippen LogP contribution >= 0.6 is 0 Å². The molecule has 0 radical (unpaired) electrons. The first kappa shape index (κ1) is 132. The summed E-state index contributed by atoms with van der Waals surface area (Å²) < 4.78 is 88.8. The smallest absolute Gasteiger partial charge is 0.307 e. The molecular formula is C89H160N6O36. The predicted molar refractivity (Wildman–Crippen MR) is 477 cm³/mol. The fourth-order valence-corrected chi connectivity index (χ4v) is 9.97. The summed E-state index contributed by atoms with van der Waals surface area (Å²) in [5.74, 6) is -5.75. The van der Waals surface area contributed by atoms with Gasteiger partial charge in [0.1, 0.15) is 79.3 Å². The quantitative estimate of drug-likeness (QED) is 0.0356. The number of hydrogen-bond donors (Lipinski definition) is 0. The minimum atomic E-state index is -0.353. The summed E-state index contributed by atoms with van der Waals surface area (Å²) in [6.07, 6.45) is 11.2. The standard InChI is InChI=1S/C17H31NO6.C16H29NO6.C15H27NO6.2C14H25NO6.C13H23NO6/c1-4-5-6-7-12-24-17(21)8-9-18(10-13-22-15(2)19)11-14-23-16(3)20;1-4-5-6-11-23-16(20)7-8-17(9-12-21-14(2)18)10-13-22-15(3)19;1-4-5-10-22-15(19)6-7-16(8-11-20-13(2)17)9-12-21-14(3)18;1-11(2)21-14(18)5-6-15(7-9-19-12(3)16)8-10-20-13(4)17;1-4-9-21-14(18)5-6-15(7-10-19-12(2)16)8-11-20-13(3)17;1-4-18-13(17)5-6-14(7-9-19-11(2)15)8-10-20-12(3)16/h4-14H2,1-3H3;4-13H2,1-3H3;4-12H2,1-3H3;11H,5-10H2,1-4H3;4-11H2,1-3H3;4-10H2,1-3H3. The van der Waals surface area contributed by atoms with Crippen molar-refractivity contribution in [2.45, 2.75) is 240 Å². The Kier molecular flexibility index (Phi) is 95.6. The molecular weight excluding hydrogens is 1730 g/mol. The summed E-state index contributed by atoms with van der Waals surface area (Å²) in [4.78, 5) is 210. The van der Waals surface area contributed by atoms with Crippen LogP contribution in [0.3, 0.4) is 0 Å². The van der Waals surface area contributed by atoms with Crippen LogP contribution in [0.15, 0.2) is 0 Å². The second-order valence-electron chi connectivity index (χ2n) is 29.0. The van der Waals surface area contributed by atoms with Crippen molar-refractivity contribution in [3.8, 4) is 0 Å². The van der Waals surface area contributed by atoms with Crippen molar-refractivity contribution < 1.29 is 172 Å². The van der Waals surface area contributed by atoms with Crippen molar-refractivity contribution in [2.24, 2.45) is 0 Å². The number of hydrogen-bond acceptors (Lipinski definition) is 42. The Morgan fingerprint density at radius 2 is 0.344 bits per heavy atom. The number of unbranched alkanes of at least 4 members (excludes halogenated alkanes) is 6. The number of rotatable bonds is 70. The molecule has 42 nitrogen and oxygen atoms in total. The Balaban J connectivity index is -0.000000358. The van der Waals surface area contributed by atoms with Gasteiger partial charge in [0.05, 0.1) is 77.7 Å². The maximum atomic E-state index is 11.7. The highest BCUT2D eigenvalue weighted by Crippen LogP contribution is 2.07. The van der Waals surface area contributed by atoms with E-state index in [2.05, 4.69) is 13.8 Å². The largest absolute Gasteiger partial charge is 0.466 e. The summed E-state index contributed by atoms with van der Waals surface area (Å²) in [6.45, 7) is 43.0. The molecule has 0 aromatic carbocycles. The lowest BCUT2D eigenvalue weighted by molar-refractivity contribution is -0.149. The van der Waals surface area contributed by atoms with E-state index in [-0.39, 0.29) is 231 Å². The highest BCUT2D eigenvalue weighted by Gasteiger charge is 2.19. The summed E-state index contributed by atoms with van der Waals surface area (Å²) in [5.41, 5.74) is 0. The summed E-state index contributed by atoms with van der Waals surface area (Å²) in [7, 11) is 0. The first-order valence-electron chi connectivity index (χ1n) is 45.0. The van der Waals surface area contributed by atoms with Gasteiger partial charge in [-0.15, -0.1) is 0 Å². The maximum absolute atomic E-state index is 11.7. The minimum Gasteiger partial charge on any atom is -0.466 e. The van der Waals surface area contributed by atoms with Crippen LogP contribution in [0.5, 0.6) is 0 Å². The predicted octanol–water partition coefficient (Wildman–Crippen LogP) is 6.50. The topological polar surface area (TPSA) is 493 Å². The first-order valence-corrected chi connectivity index (χ1v) is 45.0. The SMILES string of the molecule is CC(=O)OCCN(CCOC(C)=O)CCC(=O)OC(C)C.CCCCCCOC(=O)CCN(CCOC(C)=O)CCOC(C)=O.CCCCCOC(=O)CCN(CCOC(C)=O)CCOC(C)=O.CCCCOC(=O)CCN(CCOC(C)=O)CCOC(C)=O.CCCOC(=O)CCN(CCOC(C)=O)CCOC(C)=O.CCOC(=O)CCN(CCOC(C)=O)CCOC(C)=O. The Morgan fingerprint density at radius 1 is 0.176 bits per heavy atom. The molecule has 131 heavy (non-hydrogen) atoms. The lowest BCUT2D eigenvalue weighted by Crippen LogP contribution is -2.34. The molecule has 0 saturated heterocycles. The second kappa shape index (κ2) is 94.9. The molecule has 0 fully saturated rings. The van der Waals surface area contributed by atoms with Gasteiger partial charge in [0.25, 0.3) is 0 Å². The molecule has 0 rings (SSSR count). The van der Waals surface area contributed by atoms with Gasteiger partial charge in [-0.05, 0) is 46.5 Å². The van der Waals surface area contributed by atoms with E-state index in [0.717, 1.165) is 64.2 Å². The Labute approximate surface area is 775 Å². The number of nitrogens with zero attached hydrogens (tertiary/aromatic N) is 6. The molecule has 0 saturated carbocycles. The molecule has 0 bridgehead atoms. The molecule has 0 unspecified atom stereocenters. The average Bonchev–Trinajstić information content (AvgIpc) is 0.968. The van der Waals surface area contributed by atoms with Gasteiger partial charge in [-0.2, -0.15) is 0 Å². The van der Waals surface area contributed by atoms with E-state index in [4.69, 9.17) is 85.3 Å². The Morgan fingerprint density at radius 3 is 0.519 bits per heavy atom. The molecule has 0 N–H and O–H groups in total. The highest BCUT2D eigenvalue weighted by atomic mass is 16.6. The Bertz CT molecular complexity index is 2970. The van der Waals surface area contributed by atoms with Gasteiger partial charge in [-0.25, -0.2) is 0 Å². The number of ether oxygens (including phenoxy) is 18. The van der Waals surface area contributed by atoms with Crippen LogP contribution in [0, 0.1) is 0 Å². The molecule has 0 aliphatic heterocycles. The van der Waals surface area contributed by atoms with Crippen LogP contribution in [0.25, 0.3) is 0 Å². The van der Waals surface area contributed by atoms with E-state index in [1.807, 2.05) is 43.2 Å². The number of esters is 18. The van der Waals surface area contributed by atoms with Gasteiger partial charge in [-0.1, -0.05) is 66.2 Å². The molecule has 0 aliphatic carbocycles. The average molecular weight is 1890 g/mol. The molecule has 0 aliphatic rings. The van der Waals surface area contributed by atoms with E-state index in [9.17, 15) is 86.3 Å². The molecule has 762 valence electrons. The zero-order valence-electron chi connectivity index (χ0n) is 82.0. The molecule has 0 aromatic heterocycles. The van der Waals surface area contributed by atoms with E-state index < -0.39 is 0 Å². The van der Waals surface area contributed by atoms with Crippen molar-refractivity contribution in [1.29, 1.82) is 0 Å². The molecule has 0 atom stereocenters. The van der Waals surface area contributed by atoms with Crippen LogP contribution in [-0.2, 0) is 172 Å². The van der Waals surface area contributed by atoms with Crippen LogP contribution in [0.4, 0.5) is 0 Å². The lowest BCUT2D eigenvalue weighted by atomic mass is 10.2. The van der Waals surface area contributed by atoms with Crippen LogP contribution in [-0.4, -0.2) is 373 Å². The zero-order valence-corrected chi connectivity index (χ0v) is 82.0. The molecule has 0 aromatic rings. The van der Waals surface area contributed by atoms with Gasteiger partial charge in [0.2, 0.25) is 0 Å². The van der Waals surface area contributed by atoms with E-state index in [1.54, 1.807) is 20.8 Å². The molecule has 0 heterocycles. The highest BCUT2D eigenvalue weighted by molar-refractivity contribution is 5.73. The Hall–Kier alpha value is -9.78. The minimum absolute atomic E-state index is 0.145. The second-order valence-corrected chi connectivity index (χ2v) is 29.0. The summed E-state index contributed by atoms with van der Waals surface area (Å²) in [6, 6.07) is 0. The van der Waals surface area contributed by atoms with E-state index in [0.29, 0.717) is 151 Å². The van der Waals surface area contributed by atoms with Gasteiger partial charge in [-0.3, -0.25) is 116 Å². The molecule has 0 spiro atoms. The van der Waals surface area contributed by atoms with Crippen molar-refractivity contribution in [3.63, 3.8) is 0 Å². The van der Waals surface area contributed by atoms with Gasteiger partial charge < -0.3 is 85.3 Å². The van der Waals surface area contributed by atoms with Gasteiger partial charge in [0.15, 0.2) is 0 Å². The van der Waals surface area contributed by atoms with Crippen LogP contribution in [0.1, 0.15) is 234 Å². The number of carbonyl (C=O) groups is 18. The number of carbonyl (C=O) groups excluding carboxylic acids is 18. The van der Waals surface area contributed by atoms with Gasteiger partial charge >= 0.3 is 107 Å². The van der Waals surface area contributed by atoms with Crippen molar-refractivity contribution in [2.75, 3.05) is 230 Å². The normalized spacial score (nSPS) is 10.4. The summed E-state index contributed by atoms with van der Waals surface area (Å²) >= 11 is 0. The first-order chi connectivity index (χ1) is 62.1. The van der Waals surface area contributed by atoms with Crippen LogP contribution in [0.2, 0.25) is 0 Å². The molecule has 42 heteroatoms. The fraction of sp³-hybridized carbons (Fsp3) is 0.798. The van der Waals surface area contributed by atoms with Crippen molar-refractivity contribution in [1.82, 2.24) is 29.4 Å². The lowest BCUT2D eigenvalue weighted by Gasteiger charge is -2.21. The van der Waals surface area contributed by atoms with E-state index >= 15 is 0 Å². The van der Waals surface area contributed by atoms with E-state index in [1.165, 1.54) is 83.1 Å². The van der Waals surface area contributed by atoms with Gasteiger partial charge in [0, 0.05) is 201 Å². The van der Waals surface area contributed by atoms with Crippen LogP contribution < -0.4 is 0 Å². The monoisotopic (exact) mass is 1890 g/mol. The third-order valence-electron chi connectivity index (χ3n) is 16.5. The van der Waals surface area contributed by atoms with Crippen molar-refractivity contribution >= 4 is 107 Å². The molecule has 0 amide bonds.